The zero-order chi connectivity index (χ0) is 19.2. The highest BCUT2D eigenvalue weighted by molar-refractivity contribution is 6.62. The number of pyridine rings is 1. The molecule has 6 heteroatoms. The van der Waals surface area contributed by atoms with Gasteiger partial charge in [0.1, 0.15) is 5.82 Å². The molecule has 4 rings (SSSR count). The van der Waals surface area contributed by atoms with E-state index in [4.69, 9.17) is 9.31 Å². The molecule has 1 amide bonds. The summed E-state index contributed by atoms with van der Waals surface area (Å²) in [7, 11) is -0.427. The number of carbonyl (C=O) groups excluding carboxylic acids is 1. The van der Waals surface area contributed by atoms with Crippen LogP contribution in [0.4, 0.5) is 5.82 Å². The van der Waals surface area contributed by atoms with Crippen LogP contribution in [0.25, 0.3) is 0 Å². The summed E-state index contributed by atoms with van der Waals surface area (Å²) in [4.78, 5) is 16.8. The lowest BCUT2D eigenvalue weighted by Crippen LogP contribution is -2.41. The van der Waals surface area contributed by atoms with Crippen LogP contribution >= 0.6 is 0 Å². The molecule has 1 saturated carbocycles. The number of benzene rings is 1. The number of carbonyl (C=O) groups is 1. The van der Waals surface area contributed by atoms with E-state index in [0.29, 0.717) is 17.3 Å². The Morgan fingerprint density at radius 1 is 1.07 bits per heavy atom. The number of anilines is 1. The van der Waals surface area contributed by atoms with Gasteiger partial charge in [-0.15, -0.1) is 0 Å². The Morgan fingerprint density at radius 2 is 1.70 bits per heavy atom. The Bertz CT molecular complexity index is 844. The monoisotopic (exact) mass is 364 g/mol. The maximum atomic E-state index is 12.5. The molecule has 2 aromatic rings. The molecular formula is C21H25BN2O3. The first-order valence-corrected chi connectivity index (χ1v) is 9.48. The smallest absolute Gasteiger partial charge is 0.399 e. The summed E-state index contributed by atoms with van der Waals surface area (Å²) in [5.74, 6) is 1.05. The van der Waals surface area contributed by atoms with Gasteiger partial charge in [-0.05, 0) is 81.7 Å². The first kappa shape index (κ1) is 18.2. The minimum Gasteiger partial charge on any atom is -0.399 e. The standard InChI is InChI=1S/C21H25BN2O3/c1-20(2)21(3,4)27-22(26-20)17-9-7-15(8-10-17)19(25)24-18-13-16(11-12-23-18)14-5-6-14/h7-14H,5-6H2,1-4H3,(H,23,24,25). The lowest BCUT2D eigenvalue weighted by atomic mass is 9.79. The van der Waals surface area contributed by atoms with Crippen molar-refractivity contribution in [2.75, 3.05) is 5.32 Å². The van der Waals surface area contributed by atoms with Crippen LogP contribution in [0.3, 0.4) is 0 Å². The second-order valence-electron chi connectivity index (χ2n) is 8.41. The topological polar surface area (TPSA) is 60.5 Å². The van der Waals surface area contributed by atoms with Gasteiger partial charge in [0, 0.05) is 11.8 Å². The summed E-state index contributed by atoms with van der Waals surface area (Å²) in [6.45, 7) is 8.10. The second-order valence-corrected chi connectivity index (χ2v) is 8.41. The van der Waals surface area contributed by atoms with Crippen molar-refractivity contribution in [3.8, 4) is 0 Å². The Labute approximate surface area is 160 Å². The molecule has 2 heterocycles. The molecule has 1 aromatic carbocycles. The quantitative estimate of drug-likeness (QED) is 0.844. The number of nitrogens with zero attached hydrogens (tertiary/aromatic N) is 1. The fourth-order valence-electron chi connectivity index (χ4n) is 3.15. The van der Waals surface area contributed by atoms with Crippen molar-refractivity contribution in [3.05, 3.63) is 53.7 Å². The van der Waals surface area contributed by atoms with Crippen LogP contribution in [0, 0.1) is 0 Å². The van der Waals surface area contributed by atoms with Crippen molar-refractivity contribution >= 4 is 24.3 Å². The number of nitrogens with one attached hydrogen (secondary N) is 1. The molecule has 0 bridgehead atoms. The van der Waals surface area contributed by atoms with Gasteiger partial charge in [0.05, 0.1) is 11.2 Å². The zero-order valence-corrected chi connectivity index (χ0v) is 16.3. The van der Waals surface area contributed by atoms with Crippen LogP contribution in [0.15, 0.2) is 42.6 Å². The molecule has 1 aliphatic heterocycles. The average molecular weight is 364 g/mol. The fourth-order valence-corrected chi connectivity index (χ4v) is 3.15. The summed E-state index contributed by atoms with van der Waals surface area (Å²) in [6.07, 6.45) is 4.19. The summed E-state index contributed by atoms with van der Waals surface area (Å²) in [5.41, 5.74) is 1.96. The first-order chi connectivity index (χ1) is 12.7. The van der Waals surface area contributed by atoms with Gasteiger partial charge in [-0.1, -0.05) is 12.1 Å². The van der Waals surface area contributed by atoms with Crippen molar-refractivity contribution in [3.63, 3.8) is 0 Å². The molecule has 140 valence electrons. The third-order valence-corrected chi connectivity index (χ3v) is 5.77. The largest absolute Gasteiger partial charge is 0.494 e. The fraction of sp³-hybridized carbons (Fsp3) is 0.429. The summed E-state index contributed by atoms with van der Waals surface area (Å²) in [6, 6.07) is 11.3. The van der Waals surface area contributed by atoms with Crippen LogP contribution in [-0.2, 0) is 9.31 Å². The highest BCUT2D eigenvalue weighted by Gasteiger charge is 2.51. The van der Waals surface area contributed by atoms with E-state index in [9.17, 15) is 4.79 Å². The molecule has 0 unspecified atom stereocenters. The van der Waals surface area contributed by atoms with E-state index in [2.05, 4.69) is 10.3 Å². The van der Waals surface area contributed by atoms with Gasteiger partial charge in [-0.3, -0.25) is 4.79 Å². The van der Waals surface area contributed by atoms with Gasteiger partial charge in [-0.2, -0.15) is 0 Å². The van der Waals surface area contributed by atoms with Crippen molar-refractivity contribution in [1.29, 1.82) is 0 Å². The van der Waals surface area contributed by atoms with E-state index in [1.54, 1.807) is 18.3 Å². The molecule has 0 radical (unpaired) electrons. The van der Waals surface area contributed by atoms with Gasteiger partial charge in [0.2, 0.25) is 0 Å². The third kappa shape index (κ3) is 3.64. The second kappa shape index (κ2) is 6.46. The normalized spacial score (nSPS) is 20.5. The van der Waals surface area contributed by atoms with Gasteiger partial charge in [0.15, 0.2) is 0 Å². The van der Waals surface area contributed by atoms with Gasteiger partial charge >= 0.3 is 7.12 Å². The van der Waals surface area contributed by atoms with Crippen molar-refractivity contribution in [1.82, 2.24) is 4.98 Å². The van der Waals surface area contributed by atoms with Crippen LogP contribution in [0.5, 0.6) is 0 Å². The summed E-state index contributed by atoms with van der Waals surface area (Å²) < 4.78 is 12.1. The minimum atomic E-state index is -0.427. The van der Waals surface area contributed by atoms with Crippen LogP contribution in [0.1, 0.15) is 62.4 Å². The molecule has 1 aromatic heterocycles. The predicted octanol–water partition coefficient (Wildman–Crippen LogP) is 3.51. The molecule has 5 nitrogen and oxygen atoms in total. The lowest BCUT2D eigenvalue weighted by Gasteiger charge is -2.32. The molecule has 0 atom stereocenters. The Hall–Kier alpha value is -2.18. The van der Waals surface area contributed by atoms with Crippen molar-refractivity contribution in [2.45, 2.75) is 57.7 Å². The minimum absolute atomic E-state index is 0.170. The zero-order valence-electron chi connectivity index (χ0n) is 16.3. The van der Waals surface area contributed by atoms with Crippen molar-refractivity contribution in [2.24, 2.45) is 0 Å². The van der Waals surface area contributed by atoms with E-state index >= 15 is 0 Å². The van der Waals surface area contributed by atoms with E-state index in [1.807, 2.05) is 52.0 Å². The summed E-state index contributed by atoms with van der Waals surface area (Å²) in [5, 5.41) is 2.88. The van der Waals surface area contributed by atoms with E-state index in [-0.39, 0.29) is 17.1 Å². The number of hydrogen-bond acceptors (Lipinski definition) is 4. The van der Waals surface area contributed by atoms with Gasteiger partial charge in [-0.25, -0.2) is 4.98 Å². The maximum absolute atomic E-state index is 12.5. The molecule has 27 heavy (non-hydrogen) atoms. The van der Waals surface area contributed by atoms with E-state index in [1.165, 1.54) is 18.4 Å². The summed E-state index contributed by atoms with van der Waals surface area (Å²) >= 11 is 0. The van der Waals surface area contributed by atoms with Crippen LogP contribution < -0.4 is 10.8 Å². The molecule has 1 N–H and O–H groups in total. The van der Waals surface area contributed by atoms with Crippen LogP contribution in [-0.4, -0.2) is 29.2 Å². The van der Waals surface area contributed by atoms with Gasteiger partial charge < -0.3 is 14.6 Å². The number of aromatic nitrogens is 1. The highest BCUT2D eigenvalue weighted by Crippen LogP contribution is 2.40. The molecular weight excluding hydrogens is 339 g/mol. The van der Waals surface area contributed by atoms with E-state index in [0.717, 1.165) is 5.46 Å². The average Bonchev–Trinajstić information content (AvgIpc) is 3.43. The third-order valence-electron chi connectivity index (χ3n) is 5.77. The van der Waals surface area contributed by atoms with Crippen molar-refractivity contribution < 1.29 is 14.1 Å². The number of hydrogen-bond donors (Lipinski definition) is 1. The molecule has 1 saturated heterocycles. The Morgan fingerprint density at radius 3 is 2.30 bits per heavy atom. The predicted molar refractivity (Wildman–Crippen MR) is 106 cm³/mol. The molecule has 0 spiro atoms. The molecule has 2 fully saturated rings. The van der Waals surface area contributed by atoms with E-state index < -0.39 is 7.12 Å². The maximum Gasteiger partial charge on any atom is 0.494 e. The SMILES string of the molecule is CC1(C)OB(c2ccc(C(=O)Nc3cc(C4CC4)ccn3)cc2)OC1(C)C. The van der Waals surface area contributed by atoms with Gasteiger partial charge in [0.25, 0.3) is 5.91 Å². The first-order valence-electron chi connectivity index (χ1n) is 9.48. The molecule has 1 aliphatic carbocycles. The highest BCUT2D eigenvalue weighted by atomic mass is 16.7. The lowest BCUT2D eigenvalue weighted by molar-refractivity contribution is 0.00578. The number of rotatable bonds is 4. The molecule has 2 aliphatic rings. The Balaban J connectivity index is 1.44. The Kier molecular flexibility index (Phi) is 4.36. The number of amides is 1. The van der Waals surface area contributed by atoms with Crippen LogP contribution in [0.2, 0.25) is 0 Å².